The van der Waals surface area contributed by atoms with Gasteiger partial charge in [0.15, 0.2) is 0 Å². The van der Waals surface area contributed by atoms with E-state index in [-0.39, 0.29) is 23.8 Å². The van der Waals surface area contributed by atoms with Crippen LogP contribution >= 0.6 is 0 Å². The summed E-state index contributed by atoms with van der Waals surface area (Å²) in [5.41, 5.74) is -1.09. The van der Waals surface area contributed by atoms with Gasteiger partial charge in [-0.2, -0.15) is 18.4 Å². The van der Waals surface area contributed by atoms with Crippen LogP contribution in [-0.4, -0.2) is 31.0 Å². The zero-order valence-corrected chi connectivity index (χ0v) is 11.7. The topological polar surface area (TPSA) is 69.0 Å². The number of nitrogens with one attached hydrogen (secondary N) is 1. The number of aromatic nitrogens is 1. The molecule has 0 saturated carbocycles. The Labute approximate surface area is 120 Å². The van der Waals surface area contributed by atoms with Crippen LogP contribution < -0.4 is 10.2 Å². The van der Waals surface area contributed by atoms with Crippen molar-refractivity contribution < 1.29 is 18.0 Å². The smallest absolute Gasteiger partial charge is 0.358 e. The fourth-order valence-electron chi connectivity index (χ4n) is 1.72. The van der Waals surface area contributed by atoms with Crippen LogP contribution in [0, 0.1) is 11.3 Å². The van der Waals surface area contributed by atoms with Crippen LogP contribution in [0.3, 0.4) is 0 Å². The second kappa shape index (κ2) is 6.92. The quantitative estimate of drug-likeness (QED) is 0.902. The lowest BCUT2D eigenvalue weighted by atomic mass is 10.2. The first kappa shape index (κ1) is 16.8. The van der Waals surface area contributed by atoms with Crippen LogP contribution in [0.15, 0.2) is 12.1 Å². The Morgan fingerprint density at radius 2 is 2.14 bits per heavy atom. The van der Waals surface area contributed by atoms with Gasteiger partial charge < -0.3 is 10.2 Å². The average Bonchev–Trinajstić information content (AvgIpc) is 2.44. The molecule has 0 aromatic carbocycles. The molecule has 21 heavy (non-hydrogen) atoms. The van der Waals surface area contributed by atoms with Crippen molar-refractivity contribution >= 4 is 11.7 Å². The first-order valence-electron chi connectivity index (χ1n) is 6.27. The molecule has 0 atom stereocenters. The van der Waals surface area contributed by atoms with Gasteiger partial charge >= 0.3 is 6.18 Å². The molecule has 0 aliphatic carbocycles. The van der Waals surface area contributed by atoms with Gasteiger partial charge in [0.1, 0.15) is 17.6 Å². The first-order chi connectivity index (χ1) is 9.83. The van der Waals surface area contributed by atoms with Crippen LogP contribution in [0.4, 0.5) is 19.0 Å². The van der Waals surface area contributed by atoms with E-state index in [1.165, 1.54) is 11.9 Å². The van der Waals surface area contributed by atoms with Gasteiger partial charge in [-0.05, 0) is 18.6 Å². The SMILES string of the molecule is CCCN(CC(=O)NC)c1nc(C(F)(F)F)ccc1C#N. The minimum Gasteiger partial charge on any atom is -0.358 e. The summed E-state index contributed by atoms with van der Waals surface area (Å²) in [6, 6.07) is 3.62. The standard InChI is InChI=1S/C13H15F3N4O/c1-3-6-20(8-11(21)18-2)12-9(7-17)4-5-10(19-12)13(14,15)16/h4-5H,3,6,8H2,1-2H3,(H,18,21). The number of rotatable bonds is 5. The van der Waals surface area contributed by atoms with E-state index in [1.807, 2.05) is 6.92 Å². The maximum Gasteiger partial charge on any atom is 0.433 e. The van der Waals surface area contributed by atoms with Crippen LogP contribution in [-0.2, 0) is 11.0 Å². The highest BCUT2D eigenvalue weighted by Gasteiger charge is 2.33. The second-order valence-corrected chi connectivity index (χ2v) is 4.27. The summed E-state index contributed by atoms with van der Waals surface area (Å²) < 4.78 is 38.2. The molecule has 0 fully saturated rings. The molecule has 0 saturated heterocycles. The van der Waals surface area contributed by atoms with Gasteiger partial charge in [-0.15, -0.1) is 0 Å². The highest BCUT2D eigenvalue weighted by Crippen LogP contribution is 2.30. The molecule has 5 nitrogen and oxygen atoms in total. The number of carbonyl (C=O) groups excluding carboxylic acids is 1. The molecule has 114 valence electrons. The number of likely N-dealkylation sites (N-methyl/N-ethyl adjacent to an activating group) is 1. The van der Waals surface area contributed by atoms with E-state index in [1.54, 1.807) is 6.07 Å². The van der Waals surface area contributed by atoms with Crippen LogP contribution in [0.5, 0.6) is 0 Å². The Kier molecular flexibility index (Phi) is 5.52. The van der Waals surface area contributed by atoms with Gasteiger partial charge in [-0.3, -0.25) is 4.79 Å². The third-order valence-corrected chi connectivity index (χ3v) is 2.69. The zero-order valence-electron chi connectivity index (χ0n) is 11.7. The van der Waals surface area contributed by atoms with Crippen molar-refractivity contribution in [2.45, 2.75) is 19.5 Å². The lowest BCUT2D eigenvalue weighted by molar-refractivity contribution is -0.141. The number of pyridine rings is 1. The predicted octanol–water partition coefficient (Wildman–Crippen LogP) is 1.93. The van der Waals surface area contributed by atoms with E-state index >= 15 is 0 Å². The van der Waals surface area contributed by atoms with Crippen molar-refractivity contribution in [3.63, 3.8) is 0 Å². The predicted molar refractivity (Wildman–Crippen MR) is 70.5 cm³/mol. The molecular weight excluding hydrogens is 285 g/mol. The number of nitrogens with zero attached hydrogens (tertiary/aromatic N) is 3. The van der Waals surface area contributed by atoms with E-state index in [2.05, 4.69) is 10.3 Å². The van der Waals surface area contributed by atoms with Crippen LogP contribution in [0.1, 0.15) is 24.6 Å². The van der Waals surface area contributed by atoms with Gasteiger partial charge in [-0.1, -0.05) is 6.92 Å². The van der Waals surface area contributed by atoms with Crippen LogP contribution in [0.25, 0.3) is 0 Å². The molecule has 0 aliphatic heterocycles. The Morgan fingerprint density at radius 1 is 1.48 bits per heavy atom. The van der Waals surface area contributed by atoms with Crippen molar-refractivity contribution in [1.82, 2.24) is 10.3 Å². The van der Waals surface area contributed by atoms with Crippen molar-refractivity contribution in [3.8, 4) is 6.07 Å². The molecule has 0 bridgehead atoms. The minimum atomic E-state index is -4.60. The highest BCUT2D eigenvalue weighted by atomic mass is 19.4. The molecule has 8 heteroatoms. The molecule has 0 aliphatic rings. The number of alkyl halides is 3. The lowest BCUT2D eigenvalue weighted by Gasteiger charge is -2.24. The first-order valence-corrected chi connectivity index (χ1v) is 6.27. The van der Waals surface area contributed by atoms with Crippen LogP contribution in [0.2, 0.25) is 0 Å². The van der Waals surface area contributed by atoms with Crippen molar-refractivity contribution in [2.24, 2.45) is 0 Å². The van der Waals surface area contributed by atoms with E-state index in [4.69, 9.17) is 5.26 Å². The molecule has 1 N–H and O–H groups in total. The van der Waals surface area contributed by atoms with Crippen molar-refractivity contribution in [3.05, 3.63) is 23.4 Å². The monoisotopic (exact) mass is 300 g/mol. The Morgan fingerprint density at radius 3 is 2.62 bits per heavy atom. The summed E-state index contributed by atoms with van der Waals surface area (Å²) >= 11 is 0. The Hall–Kier alpha value is -2.30. The number of halogens is 3. The number of nitriles is 1. The Bertz CT molecular complexity index is 551. The Balaban J connectivity index is 3.27. The maximum atomic E-state index is 12.7. The summed E-state index contributed by atoms with van der Waals surface area (Å²) in [6.45, 7) is 1.97. The maximum absolute atomic E-state index is 12.7. The number of anilines is 1. The molecule has 0 radical (unpaired) electrons. The summed E-state index contributed by atoms with van der Waals surface area (Å²) in [5.74, 6) is -0.496. The van der Waals surface area contributed by atoms with Crippen molar-refractivity contribution in [1.29, 1.82) is 5.26 Å². The number of hydrogen-bond acceptors (Lipinski definition) is 4. The van der Waals surface area contributed by atoms with Gasteiger partial charge in [0.05, 0.1) is 12.1 Å². The average molecular weight is 300 g/mol. The van der Waals surface area contributed by atoms with E-state index in [0.29, 0.717) is 13.0 Å². The van der Waals surface area contributed by atoms with E-state index in [0.717, 1.165) is 12.1 Å². The largest absolute Gasteiger partial charge is 0.433 e. The lowest BCUT2D eigenvalue weighted by Crippen LogP contribution is -2.37. The zero-order chi connectivity index (χ0) is 16.0. The normalized spacial score (nSPS) is 10.9. The third kappa shape index (κ3) is 4.34. The molecule has 1 rings (SSSR count). The van der Waals surface area contributed by atoms with Gasteiger partial charge in [0.25, 0.3) is 0 Å². The molecule has 1 aromatic rings. The molecule has 0 unspecified atom stereocenters. The highest BCUT2D eigenvalue weighted by molar-refractivity contribution is 5.81. The summed E-state index contributed by atoms with van der Waals surface area (Å²) in [4.78, 5) is 16.4. The third-order valence-electron chi connectivity index (χ3n) is 2.69. The fraction of sp³-hybridized carbons (Fsp3) is 0.462. The number of hydrogen-bond donors (Lipinski definition) is 1. The number of amides is 1. The van der Waals surface area contributed by atoms with E-state index in [9.17, 15) is 18.0 Å². The summed E-state index contributed by atoms with van der Waals surface area (Å²) in [6.07, 6.45) is -4.01. The van der Waals surface area contributed by atoms with Gasteiger partial charge in [-0.25, -0.2) is 4.98 Å². The minimum absolute atomic E-state index is 0.000327. The van der Waals surface area contributed by atoms with Gasteiger partial charge in [0.2, 0.25) is 5.91 Å². The molecule has 1 amide bonds. The van der Waals surface area contributed by atoms with Gasteiger partial charge in [0, 0.05) is 13.6 Å². The number of carbonyl (C=O) groups is 1. The molecule has 1 aromatic heterocycles. The second-order valence-electron chi connectivity index (χ2n) is 4.27. The van der Waals surface area contributed by atoms with E-state index < -0.39 is 11.9 Å². The fourth-order valence-corrected chi connectivity index (χ4v) is 1.72. The molecule has 1 heterocycles. The summed E-state index contributed by atoms with van der Waals surface area (Å²) in [7, 11) is 1.43. The molecule has 0 spiro atoms. The molecular formula is C13H15F3N4O. The van der Waals surface area contributed by atoms with Crippen molar-refractivity contribution in [2.75, 3.05) is 25.0 Å². The summed E-state index contributed by atoms with van der Waals surface area (Å²) in [5, 5.41) is 11.4.